The average molecular weight is 394 g/mol. The highest BCUT2D eigenvalue weighted by molar-refractivity contribution is 6.37. The van der Waals surface area contributed by atoms with E-state index in [1.54, 1.807) is 12.1 Å². The molecule has 0 fully saturated rings. The quantitative estimate of drug-likeness (QED) is 0.623. The van der Waals surface area contributed by atoms with E-state index in [-0.39, 0.29) is 5.91 Å². The van der Waals surface area contributed by atoms with Gasteiger partial charge in [-0.15, -0.1) is 0 Å². The van der Waals surface area contributed by atoms with Crippen molar-refractivity contribution in [1.29, 1.82) is 5.26 Å². The van der Waals surface area contributed by atoms with Gasteiger partial charge in [0.2, 0.25) is 0 Å². The molecular formula is C25H22N4O. The molecule has 0 aliphatic carbocycles. The van der Waals surface area contributed by atoms with E-state index < -0.39 is 0 Å². The number of nitrogens with zero attached hydrogens (tertiary/aromatic N) is 2. The zero-order valence-electron chi connectivity index (χ0n) is 16.9. The van der Waals surface area contributed by atoms with Gasteiger partial charge in [0.15, 0.2) is 0 Å². The molecule has 1 heterocycles. The number of nitriles is 1. The van der Waals surface area contributed by atoms with E-state index in [0.29, 0.717) is 16.8 Å². The van der Waals surface area contributed by atoms with Gasteiger partial charge >= 0.3 is 0 Å². The molecule has 1 aliphatic rings. The van der Waals surface area contributed by atoms with Gasteiger partial charge < -0.3 is 15.5 Å². The standard InChI is InChI=1S/C25H22N4O/c1-29(2)16-18-7-6-10-20(13-18)27-24(19-8-4-3-5-9-19)23-21-12-11-17(15-26)14-22(21)28-25(23)30/h3-14,27H,16H2,1-2H3,(H,28,30)/b24-23-. The zero-order valence-corrected chi connectivity index (χ0v) is 16.9. The van der Waals surface area contributed by atoms with Crippen molar-refractivity contribution in [3.8, 4) is 6.07 Å². The normalized spacial score (nSPS) is 14.1. The Kier molecular flexibility index (Phi) is 5.34. The summed E-state index contributed by atoms with van der Waals surface area (Å²) in [7, 11) is 4.07. The van der Waals surface area contributed by atoms with E-state index in [4.69, 9.17) is 0 Å². The lowest BCUT2D eigenvalue weighted by Gasteiger charge is -2.16. The number of rotatable bonds is 5. The summed E-state index contributed by atoms with van der Waals surface area (Å²) in [5, 5.41) is 15.6. The van der Waals surface area contributed by atoms with Crippen LogP contribution in [0.1, 0.15) is 22.3 Å². The minimum Gasteiger partial charge on any atom is -0.354 e. The Morgan fingerprint density at radius 1 is 1.03 bits per heavy atom. The van der Waals surface area contributed by atoms with Crippen molar-refractivity contribution < 1.29 is 4.79 Å². The van der Waals surface area contributed by atoms with Crippen LogP contribution in [0.2, 0.25) is 0 Å². The maximum atomic E-state index is 12.9. The van der Waals surface area contributed by atoms with Crippen LogP contribution in [0.5, 0.6) is 0 Å². The van der Waals surface area contributed by atoms with E-state index in [9.17, 15) is 10.1 Å². The Morgan fingerprint density at radius 2 is 1.83 bits per heavy atom. The molecule has 3 aromatic carbocycles. The Hall–Kier alpha value is -3.88. The first-order chi connectivity index (χ1) is 14.5. The zero-order chi connectivity index (χ0) is 21.1. The van der Waals surface area contributed by atoms with Gasteiger partial charge in [-0.05, 0) is 49.5 Å². The number of fused-ring (bicyclic) bond motifs is 1. The third-order valence-electron chi connectivity index (χ3n) is 4.90. The third kappa shape index (κ3) is 3.95. The molecule has 2 N–H and O–H groups in total. The number of benzene rings is 3. The average Bonchev–Trinajstić information content (AvgIpc) is 3.07. The fraction of sp³-hybridized carbons (Fsp3) is 0.120. The summed E-state index contributed by atoms with van der Waals surface area (Å²) in [5.41, 5.74) is 6.27. The van der Waals surface area contributed by atoms with E-state index in [0.717, 1.165) is 29.1 Å². The van der Waals surface area contributed by atoms with E-state index in [1.807, 2.05) is 62.6 Å². The van der Waals surface area contributed by atoms with Crippen LogP contribution in [0.4, 0.5) is 11.4 Å². The fourth-order valence-corrected chi connectivity index (χ4v) is 3.63. The molecule has 0 bridgehead atoms. The predicted molar refractivity (Wildman–Crippen MR) is 120 cm³/mol. The molecule has 0 spiro atoms. The highest BCUT2D eigenvalue weighted by atomic mass is 16.2. The van der Waals surface area contributed by atoms with E-state index >= 15 is 0 Å². The summed E-state index contributed by atoms with van der Waals surface area (Å²) >= 11 is 0. The number of amides is 1. The van der Waals surface area contributed by atoms with Crippen molar-refractivity contribution in [3.05, 3.63) is 95.1 Å². The topological polar surface area (TPSA) is 68.2 Å². The summed E-state index contributed by atoms with van der Waals surface area (Å²) in [5.74, 6) is -0.184. The first-order valence-corrected chi connectivity index (χ1v) is 9.71. The Bertz CT molecular complexity index is 1170. The summed E-state index contributed by atoms with van der Waals surface area (Å²) in [6.07, 6.45) is 0. The molecule has 0 aromatic heterocycles. The second-order valence-electron chi connectivity index (χ2n) is 7.51. The molecule has 1 aliphatic heterocycles. The van der Waals surface area contributed by atoms with Gasteiger partial charge in [0.05, 0.1) is 28.6 Å². The molecule has 30 heavy (non-hydrogen) atoms. The van der Waals surface area contributed by atoms with E-state index in [2.05, 4.69) is 33.7 Å². The van der Waals surface area contributed by atoms with Crippen LogP contribution in [-0.2, 0) is 11.3 Å². The van der Waals surface area contributed by atoms with Crippen LogP contribution in [-0.4, -0.2) is 24.9 Å². The van der Waals surface area contributed by atoms with Crippen LogP contribution >= 0.6 is 0 Å². The monoisotopic (exact) mass is 394 g/mol. The van der Waals surface area contributed by atoms with Gasteiger partial charge in [0.25, 0.3) is 5.91 Å². The summed E-state index contributed by atoms with van der Waals surface area (Å²) < 4.78 is 0. The van der Waals surface area contributed by atoms with Gasteiger partial charge in [0.1, 0.15) is 0 Å². The highest BCUT2D eigenvalue weighted by Crippen LogP contribution is 2.38. The van der Waals surface area contributed by atoms with Crippen molar-refractivity contribution in [3.63, 3.8) is 0 Å². The SMILES string of the molecule is CN(C)Cc1cccc(N/C(=C2\C(=O)Nc3cc(C#N)ccc32)c2ccccc2)c1. The third-order valence-corrected chi connectivity index (χ3v) is 4.90. The molecule has 0 atom stereocenters. The second kappa shape index (κ2) is 8.24. The molecule has 5 nitrogen and oxygen atoms in total. The van der Waals surface area contributed by atoms with Gasteiger partial charge in [-0.25, -0.2) is 0 Å². The molecule has 0 radical (unpaired) electrons. The Morgan fingerprint density at radius 3 is 2.57 bits per heavy atom. The largest absolute Gasteiger partial charge is 0.354 e. The van der Waals surface area contributed by atoms with Crippen LogP contribution < -0.4 is 10.6 Å². The van der Waals surface area contributed by atoms with Crippen LogP contribution in [0, 0.1) is 11.3 Å². The molecule has 1 amide bonds. The van der Waals surface area contributed by atoms with Gasteiger partial charge in [-0.3, -0.25) is 4.79 Å². The van der Waals surface area contributed by atoms with Crippen LogP contribution in [0.15, 0.2) is 72.8 Å². The molecule has 4 rings (SSSR count). The van der Waals surface area contributed by atoms with Crippen molar-refractivity contribution in [2.24, 2.45) is 0 Å². The molecule has 148 valence electrons. The summed E-state index contributed by atoms with van der Waals surface area (Å²) in [4.78, 5) is 15.1. The number of hydrogen-bond acceptors (Lipinski definition) is 4. The lowest BCUT2D eigenvalue weighted by Crippen LogP contribution is -2.12. The van der Waals surface area contributed by atoms with E-state index in [1.165, 1.54) is 5.56 Å². The molecule has 0 saturated heterocycles. The van der Waals surface area contributed by atoms with Crippen molar-refractivity contribution in [2.75, 3.05) is 24.7 Å². The first-order valence-electron chi connectivity index (χ1n) is 9.71. The van der Waals surface area contributed by atoms with Crippen molar-refractivity contribution in [2.45, 2.75) is 6.54 Å². The first kappa shape index (κ1) is 19.4. The molecule has 3 aromatic rings. The number of carbonyl (C=O) groups is 1. The Balaban J connectivity index is 1.83. The highest BCUT2D eigenvalue weighted by Gasteiger charge is 2.28. The van der Waals surface area contributed by atoms with Crippen LogP contribution in [0.3, 0.4) is 0 Å². The number of nitrogens with one attached hydrogen (secondary N) is 2. The van der Waals surface area contributed by atoms with Crippen molar-refractivity contribution in [1.82, 2.24) is 4.90 Å². The lowest BCUT2D eigenvalue weighted by atomic mass is 9.99. The van der Waals surface area contributed by atoms with Gasteiger partial charge in [-0.2, -0.15) is 5.26 Å². The minimum atomic E-state index is -0.184. The molecule has 0 saturated carbocycles. The maximum Gasteiger partial charge on any atom is 0.258 e. The Labute approximate surface area is 176 Å². The number of carbonyl (C=O) groups excluding carboxylic acids is 1. The second-order valence-corrected chi connectivity index (χ2v) is 7.51. The molecular weight excluding hydrogens is 372 g/mol. The maximum absolute atomic E-state index is 12.9. The fourth-order valence-electron chi connectivity index (χ4n) is 3.63. The number of hydrogen-bond donors (Lipinski definition) is 2. The predicted octanol–water partition coefficient (Wildman–Crippen LogP) is 4.55. The van der Waals surface area contributed by atoms with Crippen LogP contribution in [0.25, 0.3) is 11.3 Å². The lowest BCUT2D eigenvalue weighted by molar-refractivity contribution is -0.110. The summed E-state index contributed by atoms with van der Waals surface area (Å²) in [6, 6.07) is 25.4. The number of anilines is 2. The molecule has 5 heteroatoms. The smallest absolute Gasteiger partial charge is 0.258 e. The summed E-state index contributed by atoms with van der Waals surface area (Å²) in [6.45, 7) is 0.826. The van der Waals surface area contributed by atoms with Gasteiger partial charge in [0, 0.05) is 17.8 Å². The van der Waals surface area contributed by atoms with Gasteiger partial charge in [-0.1, -0.05) is 48.5 Å². The molecule has 0 unspecified atom stereocenters. The minimum absolute atomic E-state index is 0.184. The van der Waals surface area contributed by atoms with Crippen molar-refractivity contribution >= 4 is 28.6 Å².